The van der Waals surface area contributed by atoms with E-state index in [2.05, 4.69) is 25.5 Å². The number of piperazine rings is 1. The molecule has 0 unspecified atom stereocenters. The van der Waals surface area contributed by atoms with Gasteiger partial charge in [0.1, 0.15) is 5.58 Å². The van der Waals surface area contributed by atoms with E-state index in [-0.39, 0.29) is 11.7 Å². The van der Waals surface area contributed by atoms with Crippen molar-refractivity contribution in [2.45, 2.75) is 0 Å². The molecule has 1 aromatic carbocycles. The van der Waals surface area contributed by atoms with Crippen LogP contribution in [0.2, 0.25) is 0 Å². The lowest BCUT2D eigenvalue weighted by Crippen LogP contribution is -2.43. The molecule has 2 N–H and O–H groups in total. The molecule has 1 fully saturated rings. The Hall–Kier alpha value is -3.65. The van der Waals surface area contributed by atoms with E-state index in [4.69, 9.17) is 8.83 Å². The SMILES string of the molecule is O=C(Nc1cnccc1N1CCNCC1)c1cnc(-c2ccc3occc3c2)o1. The maximum Gasteiger partial charge on any atom is 0.293 e. The third kappa shape index (κ3) is 3.45. The number of furan rings is 1. The van der Waals surface area contributed by atoms with E-state index in [1.807, 2.05) is 30.3 Å². The van der Waals surface area contributed by atoms with Gasteiger partial charge in [-0.05, 0) is 30.3 Å². The highest BCUT2D eigenvalue weighted by molar-refractivity contribution is 6.04. The van der Waals surface area contributed by atoms with Gasteiger partial charge in [-0.3, -0.25) is 9.78 Å². The summed E-state index contributed by atoms with van der Waals surface area (Å²) in [5.74, 6) is 0.159. The number of carbonyl (C=O) groups is 1. The quantitative estimate of drug-likeness (QED) is 0.553. The summed E-state index contributed by atoms with van der Waals surface area (Å²) in [7, 11) is 0. The zero-order valence-corrected chi connectivity index (χ0v) is 15.6. The lowest BCUT2D eigenvalue weighted by atomic mass is 10.1. The maximum atomic E-state index is 12.7. The van der Waals surface area contributed by atoms with Gasteiger partial charge >= 0.3 is 0 Å². The summed E-state index contributed by atoms with van der Waals surface area (Å²) in [6, 6.07) is 9.39. The highest BCUT2D eigenvalue weighted by Gasteiger charge is 2.19. The van der Waals surface area contributed by atoms with Gasteiger partial charge in [-0.2, -0.15) is 0 Å². The molecule has 1 aliphatic rings. The minimum Gasteiger partial charge on any atom is -0.464 e. The molecule has 4 heterocycles. The number of carbonyl (C=O) groups excluding carboxylic acids is 1. The molecule has 4 aromatic rings. The summed E-state index contributed by atoms with van der Waals surface area (Å²) in [4.78, 5) is 23.4. The molecule has 8 nitrogen and oxygen atoms in total. The van der Waals surface area contributed by atoms with Crippen LogP contribution >= 0.6 is 0 Å². The first-order chi connectivity index (χ1) is 14.3. The van der Waals surface area contributed by atoms with Crippen LogP contribution in [0.4, 0.5) is 11.4 Å². The van der Waals surface area contributed by atoms with Gasteiger partial charge in [-0.25, -0.2) is 4.98 Å². The number of pyridine rings is 1. The predicted octanol–water partition coefficient (Wildman–Crippen LogP) is 3.14. The Bertz CT molecular complexity index is 1160. The number of benzene rings is 1. The highest BCUT2D eigenvalue weighted by atomic mass is 16.4. The molecule has 0 atom stereocenters. The molecular formula is C21H19N5O3. The summed E-state index contributed by atoms with van der Waals surface area (Å²) >= 11 is 0. The molecule has 3 aromatic heterocycles. The summed E-state index contributed by atoms with van der Waals surface area (Å²) in [6.07, 6.45) is 6.45. The monoisotopic (exact) mass is 389 g/mol. The number of hydrogen-bond donors (Lipinski definition) is 2. The van der Waals surface area contributed by atoms with Crippen LogP contribution in [0.5, 0.6) is 0 Å². The van der Waals surface area contributed by atoms with Crippen molar-refractivity contribution in [1.82, 2.24) is 15.3 Å². The van der Waals surface area contributed by atoms with Crippen molar-refractivity contribution in [3.05, 3.63) is 60.9 Å². The van der Waals surface area contributed by atoms with Crippen LogP contribution in [0, 0.1) is 0 Å². The van der Waals surface area contributed by atoms with E-state index >= 15 is 0 Å². The molecule has 146 valence electrons. The van der Waals surface area contributed by atoms with Gasteiger partial charge in [0.05, 0.1) is 30.0 Å². The predicted molar refractivity (Wildman–Crippen MR) is 109 cm³/mol. The molecule has 1 saturated heterocycles. The molecule has 29 heavy (non-hydrogen) atoms. The zero-order chi connectivity index (χ0) is 19.6. The smallest absolute Gasteiger partial charge is 0.293 e. The first kappa shape index (κ1) is 17.4. The van der Waals surface area contributed by atoms with Gasteiger partial charge in [0.15, 0.2) is 0 Å². The van der Waals surface area contributed by atoms with Crippen LogP contribution in [-0.2, 0) is 0 Å². The summed E-state index contributed by atoms with van der Waals surface area (Å²) in [5, 5.41) is 7.17. The number of nitrogens with zero attached hydrogens (tertiary/aromatic N) is 3. The Balaban J connectivity index is 1.37. The standard InChI is InChI=1S/C21H19N5O3/c27-20(25-16-12-23-5-3-17(16)26-8-6-22-7-9-26)19-13-24-21(29-19)15-1-2-18-14(11-15)4-10-28-18/h1-5,10-13,22H,6-9H2,(H,25,27). The number of nitrogens with one attached hydrogen (secondary N) is 2. The van der Waals surface area contributed by atoms with Crippen LogP contribution in [0.3, 0.4) is 0 Å². The molecule has 5 rings (SSSR count). The first-order valence-corrected chi connectivity index (χ1v) is 9.42. The number of aromatic nitrogens is 2. The number of amides is 1. The minimum absolute atomic E-state index is 0.141. The van der Waals surface area contributed by atoms with Gasteiger partial charge in [0.2, 0.25) is 11.7 Å². The third-order valence-electron chi connectivity index (χ3n) is 4.93. The maximum absolute atomic E-state index is 12.7. The Kier molecular flexibility index (Phi) is 4.45. The van der Waals surface area contributed by atoms with Crippen LogP contribution in [0.1, 0.15) is 10.6 Å². The van der Waals surface area contributed by atoms with Crippen LogP contribution in [0.15, 0.2) is 64.0 Å². The second kappa shape index (κ2) is 7.40. The Morgan fingerprint density at radius 3 is 2.93 bits per heavy atom. The molecule has 1 amide bonds. The van der Waals surface area contributed by atoms with E-state index in [0.717, 1.165) is 48.4 Å². The molecule has 0 bridgehead atoms. The van der Waals surface area contributed by atoms with E-state index in [9.17, 15) is 4.79 Å². The van der Waals surface area contributed by atoms with Gasteiger partial charge in [-0.1, -0.05) is 0 Å². The van der Waals surface area contributed by atoms with E-state index in [0.29, 0.717) is 11.6 Å². The molecule has 0 spiro atoms. The Morgan fingerprint density at radius 1 is 1.14 bits per heavy atom. The number of oxazole rings is 1. The van der Waals surface area contributed by atoms with Crippen molar-refractivity contribution in [2.75, 3.05) is 36.4 Å². The number of rotatable bonds is 4. The van der Waals surface area contributed by atoms with Crippen LogP contribution in [-0.4, -0.2) is 42.1 Å². The Morgan fingerprint density at radius 2 is 2.03 bits per heavy atom. The van der Waals surface area contributed by atoms with Gasteiger partial charge in [0.25, 0.3) is 5.91 Å². The molecular weight excluding hydrogens is 370 g/mol. The van der Waals surface area contributed by atoms with Gasteiger partial charge in [0, 0.05) is 43.3 Å². The Labute approximate surface area is 166 Å². The topological polar surface area (TPSA) is 96.4 Å². The van der Waals surface area contributed by atoms with Crippen molar-refractivity contribution in [1.29, 1.82) is 0 Å². The number of anilines is 2. The van der Waals surface area contributed by atoms with Crippen LogP contribution in [0.25, 0.3) is 22.4 Å². The number of fused-ring (bicyclic) bond motifs is 1. The molecule has 8 heteroatoms. The highest BCUT2D eigenvalue weighted by Crippen LogP contribution is 2.27. The molecule has 0 radical (unpaired) electrons. The molecule has 0 aliphatic carbocycles. The van der Waals surface area contributed by atoms with E-state index in [1.54, 1.807) is 18.7 Å². The second-order valence-corrected chi connectivity index (χ2v) is 6.79. The zero-order valence-electron chi connectivity index (χ0n) is 15.6. The summed E-state index contributed by atoms with van der Waals surface area (Å²) < 4.78 is 11.1. The number of hydrogen-bond acceptors (Lipinski definition) is 7. The van der Waals surface area contributed by atoms with Crippen molar-refractivity contribution >= 4 is 28.3 Å². The largest absolute Gasteiger partial charge is 0.464 e. The average molecular weight is 389 g/mol. The lowest BCUT2D eigenvalue weighted by molar-refractivity contribution is 0.0997. The second-order valence-electron chi connectivity index (χ2n) is 6.79. The van der Waals surface area contributed by atoms with Crippen molar-refractivity contribution in [2.24, 2.45) is 0 Å². The van der Waals surface area contributed by atoms with Crippen LogP contribution < -0.4 is 15.5 Å². The normalized spacial score (nSPS) is 14.3. The fraction of sp³-hybridized carbons (Fsp3) is 0.190. The first-order valence-electron chi connectivity index (χ1n) is 9.42. The minimum atomic E-state index is -0.363. The lowest BCUT2D eigenvalue weighted by Gasteiger charge is -2.30. The molecule has 0 saturated carbocycles. The van der Waals surface area contributed by atoms with E-state index in [1.165, 1.54) is 6.20 Å². The average Bonchev–Trinajstić information content (AvgIpc) is 3.44. The van der Waals surface area contributed by atoms with Gasteiger partial charge in [-0.15, -0.1) is 0 Å². The van der Waals surface area contributed by atoms with E-state index < -0.39 is 0 Å². The van der Waals surface area contributed by atoms with Gasteiger partial charge < -0.3 is 24.4 Å². The summed E-state index contributed by atoms with van der Waals surface area (Å²) in [5.41, 5.74) is 3.16. The summed E-state index contributed by atoms with van der Waals surface area (Å²) in [6.45, 7) is 3.55. The fourth-order valence-corrected chi connectivity index (χ4v) is 3.46. The van der Waals surface area contributed by atoms with Crippen molar-refractivity contribution in [3.8, 4) is 11.5 Å². The molecule has 1 aliphatic heterocycles. The fourth-order valence-electron chi connectivity index (χ4n) is 3.46. The third-order valence-corrected chi connectivity index (χ3v) is 4.93. The van der Waals surface area contributed by atoms with Crippen molar-refractivity contribution in [3.63, 3.8) is 0 Å². The van der Waals surface area contributed by atoms with Crippen molar-refractivity contribution < 1.29 is 13.6 Å².